The van der Waals surface area contributed by atoms with Crippen molar-refractivity contribution in [2.24, 2.45) is 0 Å². The van der Waals surface area contributed by atoms with Crippen molar-refractivity contribution in [3.8, 4) is 10.9 Å². The van der Waals surface area contributed by atoms with Crippen molar-refractivity contribution >= 4 is 27.5 Å². The zero-order valence-electron chi connectivity index (χ0n) is 11.3. The summed E-state index contributed by atoms with van der Waals surface area (Å²) in [6.45, 7) is 6.42. The average Bonchev–Trinajstić information content (AvgIpc) is 2.79. The van der Waals surface area contributed by atoms with E-state index in [1.54, 1.807) is 0 Å². The molecule has 102 valence electrons. The molecule has 0 fully saturated rings. The SMILES string of the molecule is CCCc1nsc(Oc2ccc(Br)cc2C(C)C)n1. The summed E-state index contributed by atoms with van der Waals surface area (Å²) in [7, 11) is 0. The fraction of sp³-hybridized carbons (Fsp3) is 0.429. The Morgan fingerprint density at radius 3 is 2.84 bits per heavy atom. The van der Waals surface area contributed by atoms with E-state index in [-0.39, 0.29) is 0 Å². The van der Waals surface area contributed by atoms with Gasteiger partial charge in [0, 0.05) is 22.4 Å². The highest BCUT2D eigenvalue weighted by Crippen LogP contribution is 2.33. The molecule has 0 aliphatic heterocycles. The maximum absolute atomic E-state index is 5.88. The van der Waals surface area contributed by atoms with Gasteiger partial charge in [-0.3, -0.25) is 0 Å². The van der Waals surface area contributed by atoms with E-state index in [2.05, 4.69) is 52.1 Å². The number of ether oxygens (including phenoxy) is 1. The van der Waals surface area contributed by atoms with E-state index in [1.807, 2.05) is 12.1 Å². The topological polar surface area (TPSA) is 35.0 Å². The summed E-state index contributed by atoms with van der Waals surface area (Å²) in [6.07, 6.45) is 1.95. The van der Waals surface area contributed by atoms with Crippen LogP contribution in [0.5, 0.6) is 10.9 Å². The summed E-state index contributed by atoms with van der Waals surface area (Å²) in [5, 5.41) is 0.618. The van der Waals surface area contributed by atoms with Crippen LogP contribution < -0.4 is 4.74 Å². The van der Waals surface area contributed by atoms with Gasteiger partial charge in [0.1, 0.15) is 11.6 Å². The molecule has 1 aromatic carbocycles. The largest absolute Gasteiger partial charge is 0.430 e. The third-order valence-electron chi connectivity index (χ3n) is 2.71. The Bertz CT molecular complexity index is 554. The number of benzene rings is 1. The van der Waals surface area contributed by atoms with Gasteiger partial charge >= 0.3 is 0 Å². The first-order valence-electron chi connectivity index (χ1n) is 6.40. The van der Waals surface area contributed by atoms with Crippen molar-refractivity contribution in [2.75, 3.05) is 0 Å². The van der Waals surface area contributed by atoms with Gasteiger partial charge in [-0.1, -0.05) is 36.7 Å². The van der Waals surface area contributed by atoms with Crippen molar-refractivity contribution in [2.45, 2.75) is 39.5 Å². The molecule has 0 saturated carbocycles. The van der Waals surface area contributed by atoms with Crippen molar-refractivity contribution in [3.05, 3.63) is 34.1 Å². The zero-order valence-corrected chi connectivity index (χ0v) is 13.7. The second kappa shape index (κ2) is 6.48. The molecule has 2 aromatic rings. The summed E-state index contributed by atoms with van der Waals surface area (Å²) < 4.78 is 11.2. The van der Waals surface area contributed by atoms with E-state index in [0.717, 1.165) is 28.9 Å². The third-order valence-corrected chi connectivity index (χ3v) is 3.84. The van der Waals surface area contributed by atoms with Crippen LogP contribution in [0, 0.1) is 0 Å². The Hall–Kier alpha value is -0.940. The number of hydrogen-bond donors (Lipinski definition) is 0. The van der Waals surface area contributed by atoms with E-state index >= 15 is 0 Å². The number of aromatic nitrogens is 2. The number of halogens is 1. The van der Waals surface area contributed by atoms with Crippen LogP contribution in [0.4, 0.5) is 0 Å². The molecule has 2 rings (SSSR count). The van der Waals surface area contributed by atoms with Gasteiger partial charge in [0.05, 0.1) is 0 Å². The van der Waals surface area contributed by atoms with Crippen molar-refractivity contribution < 1.29 is 4.74 Å². The molecule has 0 aliphatic carbocycles. The lowest BCUT2D eigenvalue weighted by Crippen LogP contribution is -1.94. The molecular formula is C14H17BrN2OS. The van der Waals surface area contributed by atoms with Crippen molar-refractivity contribution in [3.63, 3.8) is 0 Å². The first kappa shape index (κ1) is 14.5. The van der Waals surface area contributed by atoms with E-state index < -0.39 is 0 Å². The van der Waals surface area contributed by atoms with E-state index in [9.17, 15) is 0 Å². The van der Waals surface area contributed by atoms with Crippen LogP contribution in [-0.2, 0) is 6.42 Å². The van der Waals surface area contributed by atoms with Crippen LogP contribution in [0.1, 0.15) is 44.5 Å². The maximum atomic E-state index is 5.88. The molecule has 0 aliphatic rings. The van der Waals surface area contributed by atoms with Gasteiger partial charge in [-0.05, 0) is 36.1 Å². The van der Waals surface area contributed by atoms with Crippen molar-refractivity contribution in [1.29, 1.82) is 0 Å². The predicted molar refractivity (Wildman–Crippen MR) is 82.2 cm³/mol. The van der Waals surface area contributed by atoms with E-state index in [4.69, 9.17) is 4.74 Å². The van der Waals surface area contributed by atoms with Gasteiger partial charge in [-0.2, -0.15) is 9.36 Å². The van der Waals surface area contributed by atoms with Crippen LogP contribution in [0.15, 0.2) is 22.7 Å². The first-order valence-corrected chi connectivity index (χ1v) is 7.96. The standard InChI is InChI=1S/C14H17BrN2OS/c1-4-5-13-16-14(19-17-13)18-12-7-6-10(15)8-11(12)9(2)3/h6-9H,4-5H2,1-3H3. The van der Waals surface area contributed by atoms with Crippen LogP contribution >= 0.6 is 27.5 Å². The van der Waals surface area contributed by atoms with Gasteiger partial charge < -0.3 is 4.74 Å². The Morgan fingerprint density at radius 1 is 1.37 bits per heavy atom. The molecular weight excluding hydrogens is 324 g/mol. The van der Waals surface area contributed by atoms with Crippen LogP contribution in [0.2, 0.25) is 0 Å². The number of hydrogen-bond acceptors (Lipinski definition) is 4. The zero-order chi connectivity index (χ0) is 13.8. The summed E-state index contributed by atoms with van der Waals surface area (Å²) in [5.41, 5.74) is 1.17. The monoisotopic (exact) mass is 340 g/mol. The lowest BCUT2D eigenvalue weighted by atomic mass is 10.0. The molecule has 0 saturated heterocycles. The minimum absolute atomic E-state index is 0.399. The third kappa shape index (κ3) is 3.76. The molecule has 0 atom stereocenters. The Kier molecular flexibility index (Phi) is 4.93. The summed E-state index contributed by atoms with van der Waals surface area (Å²) in [6, 6.07) is 6.05. The number of rotatable bonds is 5. The predicted octanol–water partition coefficient (Wildman–Crippen LogP) is 5.17. The minimum Gasteiger partial charge on any atom is -0.430 e. The van der Waals surface area contributed by atoms with Gasteiger partial charge in [-0.15, -0.1) is 0 Å². The Balaban J connectivity index is 2.22. The van der Waals surface area contributed by atoms with Gasteiger partial charge in [-0.25, -0.2) is 0 Å². The van der Waals surface area contributed by atoms with Crippen LogP contribution in [0.25, 0.3) is 0 Å². The smallest absolute Gasteiger partial charge is 0.298 e. The molecule has 0 bridgehead atoms. The van der Waals surface area contributed by atoms with E-state index in [0.29, 0.717) is 11.1 Å². The Morgan fingerprint density at radius 2 is 2.16 bits per heavy atom. The number of nitrogens with zero attached hydrogens (tertiary/aromatic N) is 2. The van der Waals surface area contributed by atoms with Crippen LogP contribution in [-0.4, -0.2) is 9.36 Å². The van der Waals surface area contributed by atoms with Gasteiger partial charge in [0.15, 0.2) is 0 Å². The highest BCUT2D eigenvalue weighted by atomic mass is 79.9. The molecule has 3 nitrogen and oxygen atoms in total. The summed E-state index contributed by atoms with van der Waals surface area (Å²) in [4.78, 5) is 4.39. The van der Waals surface area contributed by atoms with Crippen molar-refractivity contribution in [1.82, 2.24) is 9.36 Å². The molecule has 0 radical (unpaired) electrons. The molecule has 19 heavy (non-hydrogen) atoms. The molecule has 0 spiro atoms. The molecule has 1 heterocycles. The second-order valence-electron chi connectivity index (χ2n) is 4.67. The lowest BCUT2D eigenvalue weighted by molar-refractivity contribution is 0.467. The Labute approximate surface area is 126 Å². The normalized spacial score (nSPS) is 11.0. The highest BCUT2D eigenvalue weighted by Gasteiger charge is 2.12. The van der Waals surface area contributed by atoms with E-state index in [1.165, 1.54) is 17.1 Å². The molecule has 1 aromatic heterocycles. The fourth-order valence-corrected chi connectivity index (χ4v) is 2.73. The summed E-state index contributed by atoms with van der Waals surface area (Å²) in [5.74, 6) is 2.12. The van der Waals surface area contributed by atoms with Gasteiger partial charge in [0.25, 0.3) is 5.19 Å². The first-order chi connectivity index (χ1) is 9.10. The lowest BCUT2D eigenvalue weighted by Gasteiger charge is -2.12. The van der Waals surface area contributed by atoms with Crippen LogP contribution in [0.3, 0.4) is 0 Å². The number of aryl methyl sites for hydroxylation is 1. The fourth-order valence-electron chi connectivity index (χ4n) is 1.76. The highest BCUT2D eigenvalue weighted by molar-refractivity contribution is 9.10. The quantitative estimate of drug-likeness (QED) is 0.753. The summed E-state index contributed by atoms with van der Waals surface area (Å²) >= 11 is 4.81. The molecule has 5 heteroatoms. The second-order valence-corrected chi connectivity index (χ2v) is 6.30. The maximum Gasteiger partial charge on any atom is 0.298 e. The van der Waals surface area contributed by atoms with Gasteiger partial charge in [0.2, 0.25) is 0 Å². The minimum atomic E-state index is 0.399. The molecule has 0 N–H and O–H groups in total. The molecule has 0 unspecified atom stereocenters. The average molecular weight is 341 g/mol. The molecule has 0 amide bonds.